The van der Waals surface area contributed by atoms with E-state index < -0.39 is 5.97 Å². The Bertz CT molecular complexity index is 1730. The highest BCUT2D eigenvalue weighted by Gasteiger charge is 2.33. The number of allylic oxidation sites excluding steroid dienone is 1. The number of carbonyl (C=O) groups is 1. The van der Waals surface area contributed by atoms with Gasteiger partial charge in [-0.2, -0.15) is 0 Å². The number of fused-ring (bicyclic) bond motifs is 3. The van der Waals surface area contributed by atoms with Crippen LogP contribution in [0.1, 0.15) is 45.1 Å². The Morgan fingerprint density at radius 1 is 1.06 bits per heavy atom. The second kappa shape index (κ2) is 8.77. The van der Waals surface area contributed by atoms with Crippen LogP contribution in [0.5, 0.6) is 5.75 Å². The summed E-state index contributed by atoms with van der Waals surface area (Å²) in [5.41, 5.74) is 6.19. The first-order valence-corrected chi connectivity index (χ1v) is 12.5. The highest BCUT2D eigenvalue weighted by atomic mass is 32.1. The van der Waals surface area contributed by atoms with Crippen molar-refractivity contribution >= 4 is 29.1 Å². The van der Waals surface area contributed by atoms with Gasteiger partial charge in [0.05, 0.1) is 28.9 Å². The highest BCUT2D eigenvalue weighted by Crippen LogP contribution is 2.43. The lowest BCUT2D eigenvalue weighted by Crippen LogP contribution is -2.39. The van der Waals surface area contributed by atoms with Crippen molar-refractivity contribution in [2.45, 2.75) is 18.9 Å². The second-order valence-electron chi connectivity index (χ2n) is 8.78. The summed E-state index contributed by atoms with van der Waals surface area (Å²) in [6.45, 7) is 0. The van der Waals surface area contributed by atoms with E-state index in [2.05, 4.69) is 18.2 Å². The first-order valence-electron chi connectivity index (χ1n) is 11.6. The van der Waals surface area contributed by atoms with E-state index >= 15 is 0 Å². The molecule has 4 aromatic rings. The summed E-state index contributed by atoms with van der Waals surface area (Å²) in [6.07, 6.45) is 3.49. The van der Waals surface area contributed by atoms with E-state index in [1.54, 1.807) is 42.0 Å². The number of hydrogen-bond acceptors (Lipinski definition) is 5. The normalized spacial score (nSPS) is 16.6. The maximum absolute atomic E-state index is 13.8. The minimum Gasteiger partial charge on any atom is -0.496 e. The summed E-state index contributed by atoms with van der Waals surface area (Å²) in [6, 6.07) is 22.3. The fourth-order valence-electron chi connectivity index (χ4n) is 5.06. The van der Waals surface area contributed by atoms with Gasteiger partial charge < -0.3 is 9.84 Å². The van der Waals surface area contributed by atoms with Crippen LogP contribution in [0.15, 0.2) is 88.2 Å². The number of carboxylic acids is 1. The molecule has 0 saturated carbocycles. The number of aromatic carboxylic acids is 1. The van der Waals surface area contributed by atoms with E-state index in [-0.39, 0.29) is 17.2 Å². The molecule has 2 heterocycles. The van der Waals surface area contributed by atoms with Gasteiger partial charge in [-0.15, -0.1) is 0 Å². The van der Waals surface area contributed by atoms with Gasteiger partial charge >= 0.3 is 5.97 Å². The molecule has 0 saturated heterocycles. The molecule has 0 radical (unpaired) electrons. The van der Waals surface area contributed by atoms with Crippen LogP contribution >= 0.6 is 11.3 Å². The van der Waals surface area contributed by atoms with Crippen LogP contribution in [0, 0.1) is 0 Å². The first kappa shape index (κ1) is 22.2. The van der Waals surface area contributed by atoms with Crippen LogP contribution in [0.3, 0.4) is 0 Å². The van der Waals surface area contributed by atoms with Gasteiger partial charge in [-0.25, -0.2) is 9.79 Å². The molecule has 7 heteroatoms. The predicted octanol–water partition coefficient (Wildman–Crippen LogP) is 4.03. The lowest BCUT2D eigenvalue weighted by molar-refractivity contribution is 0.0697. The standard InChI is InChI=1S/C29H22N2O4S/c1-35-23-9-5-4-8-21(23)26-22-15-14-18-6-2-3-7-20(18)25(22)30-29-31(26)27(32)24(36-29)16-17-10-12-19(13-11-17)28(33)34/h2-13,16,26H,14-15H2,1H3,(H,33,34)/b24-16-/t26-/m0/s1. The zero-order chi connectivity index (χ0) is 24.8. The van der Waals surface area contributed by atoms with Gasteiger partial charge in [0.1, 0.15) is 5.75 Å². The lowest BCUT2D eigenvalue weighted by atomic mass is 9.83. The molecule has 0 spiro atoms. The summed E-state index contributed by atoms with van der Waals surface area (Å²) in [5, 5.41) is 9.18. The first-order chi connectivity index (χ1) is 17.5. The van der Waals surface area contributed by atoms with Crippen molar-refractivity contribution in [3.8, 4) is 5.75 Å². The maximum Gasteiger partial charge on any atom is 0.335 e. The van der Waals surface area contributed by atoms with Gasteiger partial charge in [0.2, 0.25) is 0 Å². The number of methoxy groups -OCH3 is 1. The summed E-state index contributed by atoms with van der Waals surface area (Å²) >= 11 is 1.35. The molecule has 1 aliphatic heterocycles. The molecule has 36 heavy (non-hydrogen) atoms. The number of aryl methyl sites for hydroxylation is 1. The lowest BCUT2D eigenvalue weighted by Gasteiger charge is -2.31. The molecule has 3 aromatic carbocycles. The molecule has 1 atom stereocenters. The van der Waals surface area contributed by atoms with E-state index in [9.17, 15) is 14.7 Å². The van der Waals surface area contributed by atoms with E-state index in [4.69, 9.17) is 9.73 Å². The number of nitrogens with zero attached hydrogens (tertiary/aromatic N) is 2. The van der Waals surface area contributed by atoms with Crippen LogP contribution in [-0.2, 0) is 6.42 Å². The third-order valence-electron chi connectivity index (χ3n) is 6.76. The zero-order valence-electron chi connectivity index (χ0n) is 19.5. The quantitative estimate of drug-likeness (QED) is 0.465. The van der Waals surface area contributed by atoms with E-state index in [0.29, 0.717) is 9.33 Å². The number of para-hydroxylation sites is 1. The summed E-state index contributed by atoms with van der Waals surface area (Å²) in [4.78, 5) is 30.7. The molecular formula is C29H22N2O4S. The number of rotatable bonds is 4. The van der Waals surface area contributed by atoms with Gasteiger partial charge in [-0.05, 0) is 53.8 Å². The molecule has 0 unspecified atom stereocenters. The largest absolute Gasteiger partial charge is 0.496 e. The van der Waals surface area contributed by atoms with Crippen LogP contribution in [0.2, 0.25) is 0 Å². The summed E-state index contributed by atoms with van der Waals surface area (Å²) < 4.78 is 8.05. The van der Waals surface area contributed by atoms with Crippen LogP contribution < -0.4 is 19.6 Å². The van der Waals surface area contributed by atoms with E-state index in [1.165, 1.54) is 16.9 Å². The van der Waals surface area contributed by atoms with E-state index in [1.807, 2.05) is 30.3 Å². The molecular weight excluding hydrogens is 472 g/mol. The average molecular weight is 495 g/mol. The van der Waals surface area contributed by atoms with Gasteiger partial charge in [-0.1, -0.05) is 65.9 Å². The Balaban J connectivity index is 1.60. The number of hydrogen-bond donors (Lipinski definition) is 1. The van der Waals surface area contributed by atoms with Gasteiger partial charge in [-0.3, -0.25) is 9.36 Å². The zero-order valence-corrected chi connectivity index (χ0v) is 20.3. The van der Waals surface area contributed by atoms with Crippen molar-refractivity contribution < 1.29 is 14.6 Å². The van der Waals surface area contributed by atoms with Crippen molar-refractivity contribution in [2.24, 2.45) is 4.99 Å². The smallest absolute Gasteiger partial charge is 0.335 e. The van der Waals surface area contributed by atoms with Crippen LogP contribution in [0.4, 0.5) is 0 Å². The van der Waals surface area contributed by atoms with Crippen LogP contribution in [0.25, 0.3) is 11.8 Å². The van der Waals surface area contributed by atoms with Crippen LogP contribution in [-0.4, -0.2) is 22.8 Å². The number of ether oxygens (including phenoxy) is 1. The molecule has 1 aromatic heterocycles. The van der Waals surface area contributed by atoms with Gasteiger partial charge in [0, 0.05) is 11.1 Å². The Morgan fingerprint density at radius 3 is 2.58 bits per heavy atom. The molecule has 6 nitrogen and oxygen atoms in total. The Labute approximate surface area is 210 Å². The Morgan fingerprint density at radius 2 is 1.81 bits per heavy atom. The molecule has 0 amide bonds. The Kier molecular flexibility index (Phi) is 5.42. The molecule has 6 rings (SSSR count). The molecule has 178 valence electrons. The molecule has 1 aliphatic carbocycles. The Hall–Kier alpha value is -4.23. The van der Waals surface area contributed by atoms with Gasteiger partial charge in [0.25, 0.3) is 5.56 Å². The minimum absolute atomic E-state index is 0.123. The second-order valence-corrected chi connectivity index (χ2v) is 9.79. The third kappa shape index (κ3) is 3.60. The summed E-state index contributed by atoms with van der Waals surface area (Å²) in [7, 11) is 1.65. The molecule has 1 N–H and O–H groups in total. The SMILES string of the molecule is COc1ccccc1[C@H]1C2=C(N=c3s/c(=C\c4ccc(C(=O)O)cc4)c(=O)n31)c1ccccc1CC2. The highest BCUT2D eigenvalue weighted by molar-refractivity contribution is 7.07. The van der Waals surface area contributed by atoms with Gasteiger partial charge in [0.15, 0.2) is 4.80 Å². The van der Waals surface area contributed by atoms with Crippen molar-refractivity contribution in [1.29, 1.82) is 0 Å². The fraction of sp³-hybridized carbons (Fsp3) is 0.138. The molecule has 0 fully saturated rings. The minimum atomic E-state index is -0.983. The van der Waals surface area contributed by atoms with Crippen molar-refractivity contribution in [3.63, 3.8) is 0 Å². The van der Waals surface area contributed by atoms with Crippen molar-refractivity contribution in [3.05, 3.63) is 126 Å². The number of benzene rings is 3. The van der Waals surface area contributed by atoms with Crippen molar-refractivity contribution in [1.82, 2.24) is 4.57 Å². The topological polar surface area (TPSA) is 80.9 Å². The third-order valence-corrected chi connectivity index (χ3v) is 7.74. The van der Waals surface area contributed by atoms with E-state index in [0.717, 1.165) is 46.6 Å². The maximum atomic E-state index is 13.8. The van der Waals surface area contributed by atoms with Crippen molar-refractivity contribution in [2.75, 3.05) is 7.11 Å². The molecule has 2 aliphatic rings. The monoisotopic (exact) mass is 494 g/mol. The number of thiazole rings is 1. The average Bonchev–Trinajstić information content (AvgIpc) is 3.22. The molecule has 0 bridgehead atoms. The number of aromatic nitrogens is 1. The number of carboxylic acid groups (broad SMARTS) is 1. The fourth-order valence-corrected chi connectivity index (χ4v) is 6.07. The predicted molar refractivity (Wildman–Crippen MR) is 139 cm³/mol. The summed E-state index contributed by atoms with van der Waals surface area (Å²) in [5.74, 6) is -0.252.